The highest BCUT2D eigenvalue weighted by molar-refractivity contribution is 7.89. The molecule has 1 fully saturated rings. The molecule has 3 rings (SSSR count). The van der Waals surface area contributed by atoms with E-state index < -0.39 is 16.0 Å². The number of carboxylic acid groups (broad SMARTS) is 1. The van der Waals surface area contributed by atoms with Crippen molar-refractivity contribution in [3.05, 3.63) is 47.7 Å². The number of anilines is 1. The number of aryl methyl sites for hydroxylation is 1. The van der Waals surface area contributed by atoms with Crippen molar-refractivity contribution in [2.45, 2.75) is 11.8 Å². The van der Waals surface area contributed by atoms with Gasteiger partial charge in [0.15, 0.2) is 0 Å². The second-order valence-corrected chi connectivity index (χ2v) is 8.11. The second kappa shape index (κ2) is 7.53. The van der Waals surface area contributed by atoms with Gasteiger partial charge in [0.25, 0.3) is 0 Å². The highest BCUT2D eigenvalue weighted by atomic mass is 32.2. The lowest BCUT2D eigenvalue weighted by Crippen LogP contribution is -2.49. The van der Waals surface area contributed by atoms with Gasteiger partial charge in [-0.15, -0.1) is 0 Å². The minimum absolute atomic E-state index is 0.111. The molecule has 2 heterocycles. The Morgan fingerprint density at radius 3 is 2.48 bits per heavy atom. The summed E-state index contributed by atoms with van der Waals surface area (Å²) in [6.45, 7) is 2.98. The fraction of sp³-hybridized carbons (Fsp3) is 0.333. The largest absolute Gasteiger partial charge is 0.497 e. The number of benzene rings is 1. The Morgan fingerprint density at radius 1 is 1.19 bits per heavy atom. The first-order valence-electron chi connectivity index (χ1n) is 8.42. The van der Waals surface area contributed by atoms with Crippen LogP contribution < -0.4 is 9.64 Å². The molecule has 0 unspecified atom stereocenters. The first kappa shape index (κ1) is 19.1. The van der Waals surface area contributed by atoms with Gasteiger partial charge in [0.05, 0.1) is 12.0 Å². The first-order valence-corrected chi connectivity index (χ1v) is 9.86. The summed E-state index contributed by atoms with van der Waals surface area (Å²) < 4.78 is 32.5. The number of nitrogens with zero attached hydrogens (tertiary/aromatic N) is 3. The number of sulfonamides is 1. The van der Waals surface area contributed by atoms with E-state index in [1.54, 1.807) is 36.1 Å². The van der Waals surface area contributed by atoms with Crippen molar-refractivity contribution >= 4 is 21.8 Å². The number of rotatable bonds is 5. The highest BCUT2D eigenvalue weighted by Gasteiger charge is 2.31. The molecule has 1 saturated heterocycles. The van der Waals surface area contributed by atoms with E-state index in [1.165, 1.54) is 23.7 Å². The summed E-state index contributed by atoms with van der Waals surface area (Å²) in [5.41, 5.74) is 0.731. The molecule has 144 valence electrons. The van der Waals surface area contributed by atoms with E-state index >= 15 is 0 Å². The molecule has 1 aromatic heterocycles. The Balaban J connectivity index is 1.78. The molecule has 9 heteroatoms. The van der Waals surface area contributed by atoms with Gasteiger partial charge in [-0.3, -0.25) is 0 Å². The number of aromatic carboxylic acids is 1. The topological polar surface area (TPSA) is 100 Å². The summed E-state index contributed by atoms with van der Waals surface area (Å²) in [6.07, 6.45) is 1.53. The number of piperazine rings is 1. The first-order chi connectivity index (χ1) is 12.8. The Hall–Kier alpha value is -2.65. The van der Waals surface area contributed by atoms with Crippen LogP contribution in [0.25, 0.3) is 0 Å². The van der Waals surface area contributed by atoms with E-state index in [9.17, 15) is 18.3 Å². The van der Waals surface area contributed by atoms with Crippen molar-refractivity contribution in [2.24, 2.45) is 0 Å². The standard InChI is InChI=1S/C18H21N3O5S/c1-13-12-14(26-2)5-6-16(13)27(24,25)21-10-8-20(9-11-21)17-15(18(22)23)4-3-7-19-17/h3-7,12H,8-11H2,1-2H3,(H,22,23). The maximum Gasteiger partial charge on any atom is 0.339 e. The summed E-state index contributed by atoms with van der Waals surface area (Å²) in [7, 11) is -2.10. The Kier molecular flexibility index (Phi) is 5.33. The maximum absolute atomic E-state index is 13.0. The van der Waals surface area contributed by atoms with Crippen molar-refractivity contribution in [3.8, 4) is 5.75 Å². The van der Waals surface area contributed by atoms with Crippen molar-refractivity contribution in [1.82, 2.24) is 9.29 Å². The number of carboxylic acids is 1. The number of ether oxygens (including phenoxy) is 1. The zero-order valence-electron chi connectivity index (χ0n) is 15.1. The van der Waals surface area contributed by atoms with Crippen molar-refractivity contribution in [3.63, 3.8) is 0 Å². The average Bonchev–Trinajstić information content (AvgIpc) is 2.67. The minimum Gasteiger partial charge on any atom is -0.497 e. The molecular weight excluding hydrogens is 370 g/mol. The molecule has 1 aliphatic heterocycles. The van der Waals surface area contributed by atoms with Crippen LogP contribution in [0.15, 0.2) is 41.4 Å². The molecule has 8 nitrogen and oxygen atoms in total. The number of aromatic nitrogens is 1. The van der Waals surface area contributed by atoms with Crippen molar-refractivity contribution in [2.75, 3.05) is 38.2 Å². The summed E-state index contributed by atoms with van der Waals surface area (Å²) in [5, 5.41) is 9.32. The lowest BCUT2D eigenvalue weighted by molar-refractivity contribution is 0.0697. The quantitative estimate of drug-likeness (QED) is 0.826. The molecule has 1 N–H and O–H groups in total. The number of methoxy groups -OCH3 is 1. The van der Waals surface area contributed by atoms with E-state index in [2.05, 4.69) is 4.98 Å². The Bertz CT molecular complexity index is 953. The second-order valence-electron chi connectivity index (χ2n) is 6.20. The van der Waals surface area contributed by atoms with Gasteiger partial charge in [0, 0.05) is 32.4 Å². The average molecular weight is 391 g/mol. The SMILES string of the molecule is COc1ccc(S(=O)(=O)N2CCN(c3ncccc3C(=O)O)CC2)c(C)c1. The third-order valence-corrected chi connectivity index (χ3v) is 6.61. The summed E-state index contributed by atoms with van der Waals surface area (Å²) in [5.74, 6) is -0.0858. The molecule has 0 radical (unpaired) electrons. The van der Waals surface area contributed by atoms with E-state index in [0.29, 0.717) is 30.2 Å². The maximum atomic E-state index is 13.0. The molecule has 0 spiro atoms. The molecule has 0 bridgehead atoms. The van der Waals surface area contributed by atoms with Crippen LogP contribution in [0, 0.1) is 6.92 Å². The third-order valence-electron chi connectivity index (χ3n) is 4.56. The molecule has 0 saturated carbocycles. The Labute approximate surface area is 158 Å². The normalized spacial score (nSPS) is 15.6. The lowest BCUT2D eigenvalue weighted by Gasteiger charge is -2.35. The number of carbonyl (C=O) groups is 1. The summed E-state index contributed by atoms with van der Waals surface area (Å²) in [6, 6.07) is 7.94. The van der Waals surface area contributed by atoms with Gasteiger partial charge in [-0.2, -0.15) is 4.31 Å². The van der Waals surface area contributed by atoms with Gasteiger partial charge >= 0.3 is 5.97 Å². The number of hydrogen-bond acceptors (Lipinski definition) is 6. The van der Waals surface area contributed by atoms with E-state index in [1.807, 2.05) is 0 Å². The van der Waals surface area contributed by atoms with Crippen LogP contribution in [-0.4, -0.2) is 62.1 Å². The highest BCUT2D eigenvalue weighted by Crippen LogP contribution is 2.26. The van der Waals surface area contributed by atoms with E-state index in [4.69, 9.17) is 4.74 Å². The lowest BCUT2D eigenvalue weighted by atomic mass is 10.2. The summed E-state index contributed by atoms with van der Waals surface area (Å²) in [4.78, 5) is 17.6. The van der Waals surface area contributed by atoms with Crippen molar-refractivity contribution in [1.29, 1.82) is 0 Å². The number of pyridine rings is 1. The zero-order chi connectivity index (χ0) is 19.6. The van der Waals surface area contributed by atoms with Crippen LogP contribution >= 0.6 is 0 Å². The van der Waals surface area contributed by atoms with Gasteiger partial charge < -0.3 is 14.7 Å². The predicted octanol–water partition coefficient (Wildman–Crippen LogP) is 1.61. The van der Waals surface area contributed by atoms with Gasteiger partial charge in [0.2, 0.25) is 10.0 Å². The number of hydrogen-bond donors (Lipinski definition) is 1. The molecule has 0 atom stereocenters. The van der Waals surface area contributed by atoms with Crippen LogP contribution in [0.3, 0.4) is 0 Å². The van der Waals surface area contributed by atoms with Gasteiger partial charge in [-0.1, -0.05) is 0 Å². The zero-order valence-corrected chi connectivity index (χ0v) is 15.9. The van der Waals surface area contributed by atoms with Gasteiger partial charge in [0.1, 0.15) is 17.1 Å². The molecule has 0 aliphatic carbocycles. The molecule has 0 amide bonds. The van der Waals surface area contributed by atoms with Crippen LogP contribution in [0.1, 0.15) is 15.9 Å². The summed E-state index contributed by atoms with van der Waals surface area (Å²) >= 11 is 0. The van der Waals surface area contributed by atoms with Crippen LogP contribution in [0.2, 0.25) is 0 Å². The van der Waals surface area contributed by atoms with Crippen LogP contribution in [0.5, 0.6) is 5.75 Å². The molecule has 1 aliphatic rings. The fourth-order valence-electron chi connectivity index (χ4n) is 3.13. The molecule has 2 aromatic rings. The fourth-order valence-corrected chi connectivity index (χ4v) is 4.76. The molecule has 1 aromatic carbocycles. The minimum atomic E-state index is -3.64. The van der Waals surface area contributed by atoms with E-state index in [-0.39, 0.29) is 23.5 Å². The molecule has 27 heavy (non-hydrogen) atoms. The Morgan fingerprint density at radius 2 is 1.89 bits per heavy atom. The van der Waals surface area contributed by atoms with Gasteiger partial charge in [-0.25, -0.2) is 18.2 Å². The van der Waals surface area contributed by atoms with Gasteiger partial charge in [-0.05, 0) is 42.8 Å². The van der Waals surface area contributed by atoms with Crippen LogP contribution in [-0.2, 0) is 10.0 Å². The van der Waals surface area contributed by atoms with Crippen molar-refractivity contribution < 1.29 is 23.1 Å². The predicted molar refractivity (Wildman–Crippen MR) is 99.9 cm³/mol. The molecular formula is C18H21N3O5S. The third kappa shape index (κ3) is 3.74. The smallest absolute Gasteiger partial charge is 0.339 e. The van der Waals surface area contributed by atoms with E-state index in [0.717, 1.165) is 0 Å². The van der Waals surface area contributed by atoms with Crippen LogP contribution in [0.4, 0.5) is 5.82 Å². The monoisotopic (exact) mass is 391 g/mol.